The number of carbonyl (C=O) groups is 1. The van der Waals surface area contributed by atoms with Crippen molar-refractivity contribution in [2.75, 3.05) is 18.0 Å². The first kappa shape index (κ1) is 13.9. The average Bonchev–Trinajstić information content (AvgIpc) is 2.56. The van der Waals surface area contributed by atoms with Gasteiger partial charge in [0.1, 0.15) is 0 Å². The second-order valence-electron chi connectivity index (χ2n) is 5.61. The van der Waals surface area contributed by atoms with Gasteiger partial charge in [-0.25, -0.2) is 0 Å². The molecule has 2 aromatic rings. The molecule has 0 aliphatic carbocycles. The Balaban J connectivity index is 1.56. The number of ketones is 1. The maximum absolute atomic E-state index is 12.1. The van der Waals surface area contributed by atoms with Crippen molar-refractivity contribution >= 4 is 11.5 Å². The highest BCUT2D eigenvalue weighted by Gasteiger charge is 2.16. The lowest BCUT2D eigenvalue weighted by molar-refractivity contribution is 0.0980. The number of hydrogen-bond donors (Lipinski definition) is 0. The number of rotatable bonds is 5. The van der Waals surface area contributed by atoms with E-state index in [9.17, 15) is 4.79 Å². The van der Waals surface area contributed by atoms with Crippen LogP contribution < -0.4 is 4.90 Å². The third-order valence-electron chi connectivity index (χ3n) is 4.13. The summed E-state index contributed by atoms with van der Waals surface area (Å²) in [5, 5.41) is 0. The molecule has 0 saturated carbocycles. The Morgan fingerprint density at radius 1 is 1.00 bits per heavy atom. The second kappa shape index (κ2) is 6.57. The van der Waals surface area contributed by atoms with Crippen LogP contribution in [0, 0.1) is 0 Å². The molecule has 0 radical (unpaired) electrons. The summed E-state index contributed by atoms with van der Waals surface area (Å²) >= 11 is 0. The van der Waals surface area contributed by atoms with E-state index in [0.29, 0.717) is 6.42 Å². The fraction of sp³-hybridized carbons (Fsp3) is 0.316. The van der Waals surface area contributed by atoms with Gasteiger partial charge in [-0.2, -0.15) is 0 Å². The number of para-hydroxylation sites is 1. The molecule has 108 valence electrons. The van der Waals surface area contributed by atoms with Gasteiger partial charge in [0, 0.05) is 30.8 Å². The lowest BCUT2D eigenvalue weighted by Crippen LogP contribution is -2.30. The number of carbonyl (C=O) groups excluding carboxylic acids is 1. The standard InChI is InChI=1S/C19H21NO/c21-19(17-9-2-1-3-10-17)13-7-15-20-14-6-11-16-8-4-5-12-18(16)20/h1-5,8-10,12H,6-7,11,13-15H2. The predicted octanol–water partition coefficient (Wildman–Crippen LogP) is 4.10. The third kappa shape index (κ3) is 3.33. The quantitative estimate of drug-likeness (QED) is 0.768. The van der Waals surface area contributed by atoms with Crippen LogP contribution in [0.4, 0.5) is 5.69 Å². The van der Waals surface area contributed by atoms with Crippen molar-refractivity contribution in [2.45, 2.75) is 25.7 Å². The number of Topliss-reactive ketones (excluding diaryl/α,β-unsaturated/α-hetero) is 1. The molecule has 2 nitrogen and oxygen atoms in total. The van der Waals surface area contributed by atoms with Crippen molar-refractivity contribution in [3.05, 3.63) is 65.7 Å². The van der Waals surface area contributed by atoms with Gasteiger partial charge in [-0.3, -0.25) is 4.79 Å². The topological polar surface area (TPSA) is 20.3 Å². The monoisotopic (exact) mass is 279 g/mol. The molecule has 0 amide bonds. The molecule has 2 heteroatoms. The first-order valence-electron chi connectivity index (χ1n) is 7.76. The van der Waals surface area contributed by atoms with E-state index in [-0.39, 0.29) is 5.78 Å². The van der Waals surface area contributed by atoms with E-state index in [1.807, 2.05) is 30.3 Å². The Kier molecular flexibility index (Phi) is 4.34. The van der Waals surface area contributed by atoms with E-state index in [1.165, 1.54) is 24.1 Å². The average molecular weight is 279 g/mol. The fourth-order valence-corrected chi connectivity index (χ4v) is 3.04. The largest absolute Gasteiger partial charge is 0.371 e. The molecule has 3 rings (SSSR count). The highest BCUT2D eigenvalue weighted by molar-refractivity contribution is 5.95. The van der Waals surface area contributed by atoms with Gasteiger partial charge in [-0.15, -0.1) is 0 Å². The minimum absolute atomic E-state index is 0.251. The zero-order chi connectivity index (χ0) is 14.5. The summed E-state index contributed by atoms with van der Waals surface area (Å²) < 4.78 is 0. The molecular formula is C19H21NO. The molecule has 0 fully saturated rings. The smallest absolute Gasteiger partial charge is 0.162 e. The van der Waals surface area contributed by atoms with E-state index in [4.69, 9.17) is 0 Å². The van der Waals surface area contributed by atoms with Crippen molar-refractivity contribution in [1.82, 2.24) is 0 Å². The maximum Gasteiger partial charge on any atom is 0.162 e. The maximum atomic E-state index is 12.1. The van der Waals surface area contributed by atoms with E-state index in [2.05, 4.69) is 29.2 Å². The number of benzene rings is 2. The lowest BCUT2D eigenvalue weighted by atomic mass is 10.0. The molecule has 0 aromatic heterocycles. The van der Waals surface area contributed by atoms with Crippen LogP contribution in [0.15, 0.2) is 54.6 Å². The number of nitrogens with zero attached hydrogens (tertiary/aromatic N) is 1. The highest BCUT2D eigenvalue weighted by atomic mass is 16.1. The van der Waals surface area contributed by atoms with E-state index in [1.54, 1.807) is 0 Å². The van der Waals surface area contributed by atoms with Crippen molar-refractivity contribution < 1.29 is 4.79 Å². The fourth-order valence-electron chi connectivity index (χ4n) is 3.04. The van der Waals surface area contributed by atoms with Crippen LogP contribution in [0.25, 0.3) is 0 Å². The van der Waals surface area contributed by atoms with Gasteiger partial charge in [-0.05, 0) is 30.9 Å². The third-order valence-corrected chi connectivity index (χ3v) is 4.13. The Morgan fingerprint density at radius 3 is 2.62 bits per heavy atom. The summed E-state index contributed by atoms with van der Waals surface area (Å²) in [4.78, 5) is 14.5. The van der Waals surface area contributed by atoms with Gasteiger partial charge in [0.15, 0.2) is 5.78 Å². The van der Waals surface area contributed by atoms with Crippen LogP contribution in [0.3, 0.4) is 0 Å². The van der Waals surface area contributed by atoms with Crippen molar-refractivity contribution in [1.29, 1.82) is 0 Å². The van der Waals surface area contributed by atoms with Gasteiger partial charge in [-0.1, -0.05) is 48.5 Å². The molecule has 0 atom stereocenters. The minimum atomic E-state index is 0.251. The summed E-state index contributed by atoms with van der Waals surface area (Å²) in [5.41, 5.74) is 3.63. The molecule has 1 heterocycles. The second-order valence-corrected chi connectivity index (χ2v) is 5.61. The number of hydrogen-bond acceptors (Lipinski definition) is 2. The summed E-state index contributed by atoms with van der Waals surface area (Å²) in [6.07, 6.45) is 3.93. The zero-order valence-corrected chi connectivity index (χ0v) is 12.3. The molecule has 0 saturated heterocycles. The Labute approximate surface area is 126 Å². The normalized spacial score (nSPS) is 13.8. The van der Waals surface area contributed by atoms with Gasteiger partial charge in [0.2, 0.25) is 0 Å². The van der Waals surface area contributed by atoms with Crippen LogP contribution in [-0.2, 0) is 6.42 Å². The SMILES string of the molecule is O=C(CCCN1CCCc2ccccc21)c1ccccc1. The zero-order valence-electron chi connectivity index (χ0n) is 12.3. The Morgan fingerprint density at radius 2 is 1.76 bits per heavy atom. The van der Waals surface area contributed by atoms with E-state index < -0.39 is 0 Å². The van der Waals surface area contributed by atoms with Crippen LogP contribution in [0.1, 0.15) is 35.2 Å². The molecule has 0 N–H and O–H groups in total. The molecule has 1 aliphatic rings. The van der Waals surface area contributed by atoms with Crippen molar-refractivity contribution in [3.8, 4) is 0 Å². The Bertz CT molecular complexity index is 606. The van der Waals surface area contributed by atoms with Crippen LogP contribution >= 0.6 is 0 Å². The van der Waals surface area contributed by atoms with Crippen LogP contribution in [0.2, 0.25) is 0 Å². The predicted molar refractivity (Wildman–Crippen MR) is 87.0 cm³/mol. The molecule has 0 unspecified atom stereocenters. The van der Waals surface area contributed by atoms with Crippen molar-refractivity contribution in [2.24, 2.45) is 0 Å². The number of aryl methyl sites for hydroxylation is 1. The summed E-state index contributed by atoms with van der Waals surface area (Å²) in [6, 6.07) is 18.2. The molecule has 21 heavy (non-hydrogen) atoms. The first-order valence-corrected chi connectivity index (χ1v) is 7.76. The molecular weight excluding hydrogens is 258 g/mol. The van der Waals surface area contributed by atoms with Gasteiger partial charge in [0.25, 0.3) is 0 Å². The molecule has 0 bridgehead atoms. The van der Waals surface area contributed by atoms with Gasteiger partial charge in [0.05, 0.1) is 0 Å². The number of fused-ring (bicyclic) bond motifs is 1. The van der Waals surface area contributed by atoms with Crippen LogP contribution in [0.5, 0.6) is 0 Å². The molecule has 2 aromatic carbocycles. The van der Waals surface area contributed by atoms with Gasteiger partial charge >= 0.3 is 0 Å². The van der Waals surface area contributed by atoms with Crippen LogP contribution in [-0.4, -0.2) is 18.9 Å². The summed E-state index contributed by atoms with van der Waals surface area (Å²) in [7, 11) is 0. The first-order chi connectivity index (χ1) is 10.3. The minimum Gasteiger partial charge on any atom is -0.371 e. The summed E-state index contributed by atoms with van der Waals surface area (Å²) in [5.74, 6) is 0.251. The summed E-state index contributed by atoms with van der Waals surface area (Å²) in [6.45, 7) is 2.08. The highest BCUT2D eigenvalue weighted by Crippen LogP contribution is 2.26. The van der Waals surface area contributed by atoms with Crippen molar-refractivity contribution in [3.63, 3.8) is 0 Å². The van der Waals surface area contributed by atoms with E-state index >= 15 is 0 Å². The number of anilines is 1. The molecule has 0 spiro atoms. The molecule has 1 aliphatic heterocycles. The Hall–Kier alpha value is -2.09. The lowest BCUT2D eigenvalue weighted by Gasteiger charge is -2.31. The van der Waals surface area contributed by atoms with Gasteiger partial charge < -0.3 is 4.90 Å². The van der Waals surface area contributed by atoms with E-state index in [0.717, 1.165) is 25.1 Å².